The highest BCUT2D eigenvalue weighted by molar-refractivity contribution is 7.89. The molecule has 0 atom stereocenters. The standard InChI is InChI=1S/C14H23FN2O2S/c1-3-7-16-9-10-20(18,19)17-8-6-13-4-5-14(15)11-12(13)2/h4-5,11,16-17H,3,6-10H2,1-2H3. The van der Waals surface area contributed by atoms with Gasteiger partial charge >= 0.3 is 0 Å². The lowest BCUT2D eigenvalue weighted by Crippen LogP contribution is -2.33. The second-order valence-corrected chi connectivity index (χ2v) is 6.71. The molecule has 0 spiro atoms. The smallest absolute Gasteiger partial charge is 0.212 e. The Hall–Kier alpha value is -0.980. The SMILES string of the molecule is CCCNCCS(=O)(=O)NCCc1ccc(F)cc1C. The average Bonchev–Trinajstić information content (AvgIpc) is 2.37. The van der Waals surface area contributed by atoms with Crippen LogP contribution in [0.1, 0.15) is 24.5 Å². The molecule has 0 aliphatic heterocycles. The van der Waals surface area contributed by atoms with E-state index in [-0.39, 0.29) is 11.6 Å². The summed E-state index contributed by atoms with van der Waals surface area (Å²) in [6, 6.07) is 4.55. The molecular formula is C14H23FN2O2S. The first-order valence-electron chi connectivity index (χ1n) is 6.87. The largest absolute Gasteiger partial charge is 0.316 e. The van der Waals surface area contributed by atoms with Crippen molar-refractivity contribution >= 4 is 10.0 Å². The molecule has 0 radical (unpaired) electrons. The van der Waals surface area contributed by atoms with E-state index in [9.17, 15) is 12.8 Å². The summed E-state index contributed by atoms with van der Waals surface area (Å²) in [7, 11) is -3.24. The Morgan fingerprint density at radius 2 is 1.95 bits per heavy atom. The number of benzene rings is 1. The van der Waals surface area contributed by atoms with E-state index in [0.717, 1.165) is 24.1 Å². The lowest BCUT2D eigenvalue weighted by atomic mass is 10.1. The normalized spacial score (nSPS) is 11.8. The van der Waals surface area contributed by atoms with Gasteiger partial charge in [0.25, 0.3) is 0 Å². The maximum atomic E-state index is 12.9. The van der Waals surface area contributed by atoms with Crippen LogP contribution >= 0.6 is 0 Å². The molecule has 0 fully saturated rings. The van der Waals surface area contributed by atoms with Crippen molar-refractivity contribution < 1.29 is 12.8 Å². The first kappa shape index (κ1) is 17.1. The van der Waals surface area contributed by atoms with E-state index in [1.165, 1.54) is 12.1 Å². The van der Waals surface area contributed by atoms with E-state index in [1.807, 2.05) is 13.8 Å². The first-order chi connectivity index (χ1) is 9.44. The van der Waals surface area contributed by atoms with Gasteiger partial charge in [-0.25, -0.2) is 17.5 Å². The molecule has 20 heavy (non-hydrogen) atoms. The van der Waals surface area contributed by atoms with Crippen molar-refractivity contribution in [2.45, 2.75) is 26.7 Å². The van der Waals surface area contributed by atoms with E-state index >= 15 is 0 Å². The summed E-state index contributed by atoms with van der Waals surface area (Å²) in [6.45, 7) is 5.47. The van der Waals surface area contributed by atoms with E-state index in [0.29, 0.717) is 19.5 Å². The Labute approximate surface area is 120 Å². The quantitative estimate of drug-likeness (QED) is 0.681. The number of halogens is 1. The van der Waals surface area contributed by atoms with E-state index < -0.39 is 10.0 Å². The summed E-state index contributed by atoms with van der Waals surface area (Å²) in [5.41, 5.74) is 1.80. The fraction of sp³-hybridized carbons (Fsp3) is 0.571. The summed E-state index contributed by atoms with van der Waals surface area (Å²) in [4.78, 5) is 0. The minimum Gasteiger partial charge on any atom is -0.316 e. The number of hydrogen-bond donors (Lipinski definition) is 2. The van der Waals surface area contributed by atoms with Crippen molar-refractivity contribution in [3.63, 3.8) is 0 Å². The average molecular weight is 302 g/mol. The van der Waals surface area contributed by atoms with Crippen LogP contribution in [0.5, 0.6) is 0 Å². The molecule has 0 saturated carbocycles. The molecule has 0 bridgehead atoms. The highest BCUT2D eigenvalue weighted by atomic mass is 32.2. The van der Waals surface area contributed by atoms with Crippen LogP contribution in [0.3, 0.4) is 0 Å². The lowest BCUT2D eigenvalue weighted by Gasteiger charge is -2.09. The van der Waals surface area contributed by atoms with Crippen LogP contribution in [0.4, 0.5) is 4.39 Å². The second kappa shape index (κ2) is 8.34. The van der Waals surface area contributed by atoms with Crippen LogP contribution in [0.25, 0.3) is 0 Å². The highest BCUT2D eigenvalue weighted by Gasteiger charge is 2.09. The van der Waals surface area contributed by atoms with Gasteiger partial charge in [-0.05, 0) is 49.6 Å². The van der Waals surface area contributed by atoms with Gasteiger partial charge in [0.15, 0.2) is 0 Å². The topological polar surface area (TPSA) is 58.2 Å². The van der Waals surface area contributed by atoms with Gasteiger partial charge in [0, 0.05) is 13.1 Å². The minimum atomic E-state index is -3.24. The third kappa shape index (κ3) is 6.45. The van der Waals surface area contributed by atoms with E-state index in [2.05, 4.69) is 10.0 Å². The summed E-state index contributed by atoms with van der Waals surface area (Å²) in [5, 5.41) is 3.05. The van der Waals surface area contributed by atoms with Crippen LogP contribution in [-0.2, 0) is 16.4 Å². The Morgan fingerprint density at radius 3 is 2.60 bits per heavy atom. The molecule has 0 unspecified atom stereocenters. The summed E-state index contributed by atoms with van der Waals surface area (Å²) in [6.07, 6.45) is 1.55. The van der Waals surface area contributed by atoms with Gasteiger partial charge in [0.1, 0.15) is 5.82 Å². The fourth-order valence-corrected chi connectivity index (χ4v) is 2.83. The summed E-state index contributed by atoms with van der Waals surface area (Å²) >= 11 is 0. The van der Waals surface area contributed by atoms with Crippen LogP contribution in [-0.4, -0.2) is 33.8 Å². The second-order valence-electron chi connectivity index (χ2n) is 4.78. The van der Waals surface area contributed by atoms with Crippen molar-refractivity contribution in [3.8, 4) is 0 Å². The molecule has 1 aromatic carbocycles. The van der Waals surface area contributed by atoms with E-state index in [4.69, 9.17) is 0 Å². The number of hydrogen-bond acceptors (Lipinski definition) is 3. The molecule has 1 rings (SSSR count). The summed E-state index contributed by atoms with van der Waals surface area (Å²) in [5.74, 6) is -0.191. The molecule has 114 valence electrons. The molecule has 0 heterocycles. The maximum absolute atomic E-state index is 12.9. The molecule has 1 aromatic rings. The molecule has 6 heteroatoms. The number of aryl methyl sites for hydroxylation is 1. The molecule has 0 saturated heterocycles. The molecule has 4 nitrogen and oxygen atoms in total. The molecule has 0 aliphatic carbocycles. The van der Waals surface area contributed by atoms with Crippen molar-refractivity contribution in [1.29, 1.82) is 0 Å². The molecule has 0 aliphatic rings. The van der Waals surface area contributed by atoms with Gasteiger partial charge in [-0.3, -0.25) is 0 Å². The van der Waals surface area contributed by atoms with Crippen LogP contribution < -0.4 is 10.0 Å². The molecule has 0 amide bonds. The Balaban J connectivity index is 2.35. The lowest BCUT2D eigenvalue weighted by molar-refractivity contribution is 0.576. The minimum absolute atomic E-state index is 0.0788. The van der Waals surface area contributed by atoms with Crippen LogP contribution in [0.15, 0.2) is 18.2 Å². The van der Waals surface area contributed by atoms with Crippen molar-refractivity contribution in [2.75, 3.05) is 25.4 Å². The third-order valence-electron chi connectivity index (χ3n) is 3.00. The maximum Gasteiger partial charge on any atom is 0.212 e. The monoisotopic (exact) mass is 302 g/mol. The number of nitrogens with one attached hydrogen (secondary N) is 2. The zero-order valence-electron chi connectivity index (χ0n) is 12.1. The molecule has 0 aromatic heterocycles. The van der Waals surface area contributed by atoms with Crippen LogP contribution in [0, 0.1) is 12.7 Å². The zero-order valence-corrected chi connectivity index (χ0v) is 12.9. The predicted molar refractivity (Wildman–Crippen MR) is 79.8 cm³/mol. The van der Waals surface area contributed by atoms with Gasteiger partial charge in [-0.15, -0.1) is 0 Å². The van der Waals surface area contributed by atoms with Gasteiger partial charge in [0.05, 0.1) is 5.75 Å². The van der Waals surface area contributed by atoms with Crippen molar-refractivity contribution in [3.05, 3.63) is 35.1 Å². The predicted octanol–water partition coefficient (Wildman–Crippen LogP) is 1.60. The third-order valence-corrected chi connectivity index (χ3v) is 4.38. The van der Waals surface area contributed by atoms with Crippen LogP contribution in [0.2, 0.25) is 0 Å². The van der Waals surface area contributed by atoms with Gasteiger partial charge < -0.3 is 5.32 Å². The number of sulfonamides is 1. The Morgan fingerprint density at radius 1 is 1.20 bits per heavy atom. The van der Waals surface area contributed by atoms with Gasteiger partial charge in [0.2, 0.25) is 10.0 Å². The van der Waals surface area contributed by atoms with Crippen molar-refractivity contribution in [1.82, 2.24) is 10.0 Å². The van der Waals surface area contributed by atoms with E-state index in [1.54, 1.807) is 6.07 Å². The molecule has 2 N–H and O–H groups in total. The number of rotatable bonds is 9. The van der Waals surface area contributed by atoms with Crippen molar-refractivity contribution in [2.24, 2.45) is 0 Å². The van der Waals surface area contributed by atoms with Gasteiger partial charge in [-0.1, -0.05) is 13.0 Å². The first-order valence-corrected chi connectivity index (χ1v) is 8.53. The Bertz CT molecular complexity index is 518. The highest BCUT2D eigenvalue weighted by Crippen LogP contribution is 2.10. The zero-order chi connectivity index (χ0) is 15.0. The fourth-order valence-electron chi connectivity index (χ4n) is 1.86. The molecular weight excluding hydrogens is 279 g/mol. The summed E-state index contributed by atoms with van der Waals surface area (Å²) < 4.78 is 38.9. The Kier molecular flexibility index (Phi) is 7.12. The van der Waals surface area contributed by atoms with Gasteiger partial charge in [-0.2, -0.15) is 0 Å².